The van der Waals surface area contributed by atoms with Crippen LogP contribution in [0.15, 0.2) is 16.8 Å². The van der Waals surface area contributed by atoms with Crippen molar-refractivity contribution in [3.8, 4) is 0 Å². The van der Waals surface area contributed by atoms with Crippen LogP contribution in [0, 0.1) is 0 Å². The third-order valence-electron chi connectivity index (χ3n) is 1.61. The Morgan fingerprint density at radius 2 is 2.10 bits per heavy atom. The van der Waals surface area contributed by atoms with Crippen molar-refractivity contribution in [2.24, 2.45) is 4.99 Å². The van der Waals surface area contributed by atoms with Crippen LogP contribution in [0.5, 0.6) is 0 Å². The molecule has 56 valence electrons. The topological polar surface area (TPSA) is 21.6 Å². The molecule has 0 saturated carbocycles. The van der Waals surface area contributed by atoms with Crippen molar-refractivity contribution in [1.82, 2.24) is 0 Å². The second-order valence-corrected chi connectivity index (χ2v) is 2.98. The van der Waals surface area contributed by atoms with Crippen LogP contribution in [0.25, 0.3) is 0 Å². The summed E-state index contributed by atoms with van der Waals surface area (Å²) in [7, 11) is 1.79. The molecule has 2 heteroatoms. The van der Waals surface area contributed by atoms with Gasteiger partial charge in [-0.15, -0.1) is 0 Å². The van der Waals surface area contributed by atoms with Gasteiger partial charge in [0.05, 0.1) is 11.5 Å². The van der Waals surface area contributed by atoms with Crippen LogP contribution in [0.4, 0.5) is 0 Å². The van der Waals surface area contributed by atoms with E-state index in [0.29, 0.717) is 0 Å². The lowest BCUT2D eigenvalue weighted by molar-refractivity contribution is 0.111. The van der Waals surface area contributed by atoms with E-state index in [-0.39, 0.29) is 5.60 Å². The number of allylic oxidation sites excluding steroid dienone is 1. The molecule has 0 N–H and O–H groups in total. The lowest BCUT2D eigenvalue weighted by atomic mass is 10.0. The molecule has 0 aliphatic carbocycles. The molecule has 1 aliphatic heterocycles. The fraction of sp³-hybridized carbons (Fsp3) is 0.625. The zero-order valence-electron chi connectivity index (χ0n) is 6.93. The minimum atomic E-state index is -0.209. The summed E-state index contributed by atoms with van der Waals surface area (Å²) in [6, 6.07) is 0. The minimum Gasteiger partial charge on any atom is -0.486 e. The molecule has 0 amide bonds. The van der Waals surface area contributed by atoms with Gasteiger partial charge in [0.1, 0.15) is 5.60 Å². The molecule has 0 aromatic heterocycles. The van der Waals surface area contributed by atoms with Gasteiger partial charge in [0.2, 0.25) is 0 Å². The second-order valence-electron chi connectivity index (χ2n) is 2.98. The van der Waals surface area contributed by atoms with Crippen molar-refractivity contribution < 1.29 is 4.74 Å². The Bertz CT molecular complexity index is 201. The fourth-order valence-electron chi connectivity index (χ4n) is 1.18. The fourth-order valence-corrected chi connectivity index (χ4v) is 1.18. The van der Waals surface area contributed by atoms with Crippen molar-refractivity contribution in [1.29, 1.82) is 0 Å². The van der Waals surface area contributed by atoms with Crippen LogP contribution in [0.2, 0.25) is 0 Å². The Morgan fingerprint density at radius 3 is 2.30 bits per heavy atom. The molecule has 0 spiro atoms. The molecule has 0 radical (unpaired) electrons. The van der Waals surface area contributed by atoms with Gasteiger partial charge in [-0.3, -0.25) is 4.99 Å². The van der Waals surface area contributed by atoms with E-state index in [4.69, 9.17) is 4.74 Å². The highest BCUT2D eigenvalue weighted by Gasteiger charge is 2.30. The molecule has 0 atom stereocenters. The van der Waals surface area contributed by atoms with Crippen molar-refractivity contribution in [3.05, 3.63) is 11.8 Å². The third kappa shape index (κ3) is 1.06. The van der Waals surface area contributed by atoms with E-state index in [9.17, 15) is 0 Å². The molecule has 1 aliphatic rings. The van der Waals surface area contributed by atoms with Gasteiger partial charge >= 0.3 is 0 Å². The first kappa shape index (κ1) is 7.32. The summed E-state index contributed by atoms with van der Waals surface area (Å²) >= 11 is 0. The molecule has 0 bridgehead atoms. The standard InChI is InChI=1S/C8H13NO/c1-6-5-7(9-4)8(2,3)10-6/h5H,1-4H3. The first-order valence-corrected chi connectivity index (χ1v) is 3.41. The molecule has 1 rings (SSSR count). The van der Waals surface area contributed by atoms with E-state index >= 15 is 0 Å². The lowest BCUT2D eigenvalue weighted by Gasteiger charge is -2.19. The maximum Gasteiger partial charge on any atom is 0.144 e. The predicted molar refractivity (Wildman–Crippen MR) is 42.3 cm³/mol. The number of ether oxygens (including phenoxy) is 1. The van der Waals surface area contributed by atoms with Crippen molar-refractivity contribution in [2.75, 3.05) is 7.05 Å². The van der Waals surface area contributed by atoms with E-state index in [1.807, 2.05) is 26.8 Å². The Morgan fingerprint density at radius 1 is 1.50 bits per heavy atom. The Labute approximate surface area is 61.6 Å². The maximum absolute atomic E-state index is 5.48. The first-order valence-electron chi connectivity index (χ1n) is 3.41. The third-order valence-corrected chi connectivity index (χ3v) is 1.61. The Kier molecular flexibility index (Phi) is 1.55. The molecule has 0 fully saturated rings. The highest BCUT2D eigenvalue weighted by molar-refractivity contribution is 6.03. The zero-order chi connectivity index (χ0) is 7.78. The van der Waals surface area contributed by atoms with Crippen molar-refractivity contribution in [3.63, 3.8) is 0 Å². The average Bonchev–Trinajstić information content (AvgIpc) is 2.04. The molecule has 0 unspecified atom stereocenters. The first-order chi connectivity index (χ1) is 4.56. The van der Waals surface area contributed by atoms with Gasteiger partial charge in [0.15, 0.2) is 0 Å². The summed E-state index contributed by atoms with van der Waals surface area (Å²) in [4.78, 5) is 4.11. The molecule has 0 aromatic carbocycles. The van der Waals surface area contributed by atoms with Crippen LogP contribution < -0.4 is 0 Å². The van der Waals surface area contributed by atoms with Crippen LogP contribution in [0.3, 0.4) is 0 Å². The number of hydrogen-bond acceptors (Lipinski definition) is 2. The number of nitrogens with zero attached hydrogens (tertiary/aromatic N) is 1. The monoisotopic (exact) mass is 139 g/mol. The lowest BCUT2D eigenvalue weighted by Crippen LogP contribution is -2.28. The number of aliphatic imine (C=N–C) groups is 1. The van der Waals surface area contributed by atoms with Crippen LogP contribution in [-0.2, 0) is 4.74 Å². The van der Waals surface area contributed by atoms with Crippen molar-refractivity contribution in [2.45, 2.75) is 26.4 Å². The quantitative estimate of drug-likeness (QED) is 0.501. The van der Waals surface area contributed by atoms with E-state index in [0.717, 1.165) is 11.5 Å². The summed E-state index contributed by atoms with van der Waals surface area (Å²) in [5.74, 6) is 0.950. The number of rotatable bonds is 0. The molecule has 0 aromatic rings. The van der Waals surface area contributed by atoms with Crippen molar-refractivity contribution >= 4 is 5.71 Å². The zero-order valence-corrected chi connectivity index (χ0v) is 6.93. The Balaban J connectivity index is 2.92. The highest BCUT2D eigenvalue weighted by Crippen LogP contribution is 2.24. The van der Waals surface area contributed by atoms with E-state index < -0.39 is 0 Å². The smallest absolute Gasteiger partial charge is 0.144 e. The summed E-state index contributed by atoms with van der Waals surface area (Å²) in [6.45, 7) is 5.98. The largest absolute Gasteiger partial charge is 0.486 e. The minimum absolute atomic E-state index is 0.209. The van der Waals surface area contributed by atoms with Gasteiger partial charge in [-0.2, -0.15) is 0 Å². The van der Waals surface area contributed by atoms with Crippen LogP contribution in [0.1, 0.15) is 20.8 Å². The van der Waals surface area contributed by atoms with Crippen LogP contribution in [-0.4, -0.2) is 18.4 Å². The molecular weight excluding hydrogens is 126 g/mol. The van der Waals surface area contributed by atoms with Gasteiger partial charge in [-0.25, -0.2) is 0 Å². The van der Waals surface area contributed by atoms with Gasteiger partial charge in [-0.1, -0.05) is 0 Å². The van der Waals surface area contributed by atoms with Gasteiger partial charge in [0, 0.05) is 13.1 Å². The summed E-state index contributed by atoms with van der Waals surface area (Å²) in [5, 5.41) is 0. The second kappa shape index (κ2) is 2.11. The normalized spacial score (nSPS) is 26.4. The van der Waals surface area contributed by atoms with Gasteiger partial charge in [0.25, 0.3) is 0 Å². The van der Waals surface area contributed by atoms with E-state index in [1.165, 1.54) is 0 Å². The SMILES string of the molecule is CN=C1C=C(C)OC1(C)C. The van der Waals surface area contributed by atoms with Gasteiger partial charge in [-0.05, 0) is 20.8 Å². The highest BCUT2D eigenvalue weighted by atomic mass is 16.5. The summed E-state index contributed by atoms with van der Waals surface area (Å²) in [5.41, 5.74) is 0.809. The van der Waals surface area contributed by atoms with Crippen LogP contribution >= 0.6 is 0 Å². The Hall–Kier alpha value is -0.790. The summed E-state index contributed by atoms with van der Waals surface area (Å²) in [6.07, 6.45) is 1.97. The molecule has 1 heterocycles. The molecule has 10 heavy (non-hydrogen) atoms. The maximum atomic E-state index is 5.48. The number of hydrogen-bond donors (Lipinski definition) is 0. The summed E-state index contributed by atoms with van der Waals surface area (Å²) < 4.78 is 5.48. The molecule has 2 nitrogen and oxygen atoms in total. The molecule has 0 saturated heterocycles. The van der Waals surface area contributed by atoms with E-state index in [1.54, 1.807) is 7.05 Å². The predicted octanol–water partition coefficient (Wildman–Crippen LogP) is 1.77. The van der Waals surface area contributed by atoms with E-state index in [2.05, 4.69) is 4.99 Å². The molecular formula is C8H13NO. The van der Waals surface area contributed by atoms with Gasteiger partial charge < -0.3 is 4.74 Å². The average molecular weight is 139 g/mol.